The number of benzene rings is 1. The zero-order valence-electron chi connectivity index (χ0n) is 10.9. The van der Waals surface area contributed by atoms with Gasteiger partial charge in [-0.3, -0.25) is 0 Å². The summed E-state index contributed by atoms with van der Waals surface area (Å²) in [5, 5.41) is 0.923. The third-order valence-corrected chi connectivity index (χ3v) is 3.98. The molecule has 5 nitrogen and oxygen atoms in total. The van der Waals surface area contributed by atoms with E-state index in [0.29, 0.717) is 17.9 Å². The molecular formula is C14H13N3O2S. The van der Waals surface area contributed by atoms with E-state index in [9.17, 15) is 4.79 Å². The number of hydrogen-bond donors (Lipinski definition) is 1. The number of ether oxygens (including phenoxy) is 1. The van der Waals surface area contributed by atoms with Crippen LogP contribution in [0.15, 0.2) is 36.5 Å². The monoisotopic (exact) mass is 287 g/mol. The number of carbonyl (C=O) groups excluding carboxylic acids is 1. The third kappa shape index (κ3) is 2.25. The van der Waals surface area contributed by atoms with E-state index < -0.39 is 5.97 Å². The summed E-state index contributed by atoms with van der Waals surface area (Å²) in [4.78, 5) is 16.2. The molecule has 2 aromatic heterocycles. The maximum absolute atomic E-state index is 11.7. The first-order chi connectivity index (χ1) is 9.67. The van der Waals surface area contributed by atoms with Crippen molar-refractivity contribution in [2.45, 2.75) is 6.54 Å². The summed E-state index contributed by atoms with van der Waals surface area (Å²) in [5.41, 5.74) is 7.69. The largest absolute Gasteiger partial charge is 0.464 e. The number of esters is 1. The van der Waals surface area contributed by atoms with E-state index in [4.69, 9.17) is 10.5 Å². The normalized spacial score (nSPS) is 10.8. The van der Waals surface area contributed by atoms with Crippen molar-refractivity contribution < 1.29 is 9.53 Å². The molecule has 3 rings (SSSR count). The van der Waals surface area contributed by atoms with Crippen LogP contribution in [0.5, 0.6) is 0 Å². The van der Waals surface area contributed by atoms with E-state index in [0.717, 1.165) is 15.2 Å². The van der Waals surface area contributed by atoms with Crippen LogP contribution in [0.1, 0.15) is 15.5 Å². The Balaban J connectivity index is 1.96. The van der Waals surface area contributed by atoms with E-state index in [-0.39, 0.29) is 0 Å². The molecule has 0 aliphatic rings. The van der Waals surface area contributed by atoms with Gasteiger partial charge in [0, 0.05) is 6.20 Å². The van der Waals surface area contributed by atoms with E-state index in [1.54, 1.807) is 28.2 Å². The first-order valence-electron chi connectivity index (χ1n) is 6.06. The summed E-state index contributed by atoms with van der Waals surface area (Å²) in [6.07, 6.45) is 1.72. The number of hydrogen-bond acceptors (Lipinski definition) is 5. The van der Waals surface area contributed by atoms with Crippen LogP contribution < -0.4 is 5.73 Å². The van der Waals surface area contributed by atoms with Crippen molar-refractivity contribution in [1.82, 2.24) is 9.55 Å². The molecule has 2 heterocycles. The van der Waals surface area contributed by atoms with E-state index in [1.807, 2.05) is 24.3 Å². The molecule has 2 N–H and O–H groups in total. The van der Waals surface area contributed by atoms with Gasteiger partial charge in [-0.25, -0.2) is 9.78 Å². The van der Waals surface area contributed by atoms with Gasteiger partial charge in [-0.15, -0.1) is 11.3 Å². The summed E-state index contributed by atoms with van der Waals surface area (Å²) < 4.78 is 7.64. The quantitative estimate of drug-likeness (QED) is 0.751. The fourth-order valence-corrected chi connectivity index (χ4v) is 3.04. The summed E-state index contributed by atoms with van der Waals surface area (Å²) in [6.45, 7) is 0.501. The van der Waals surface area contributed by atoms with Gasteiger partial charge in [0.05, 0.1) is 29.6 Å². The fourth-order valence-electron chi connectivity index (χ4n) is 2.07. The second kappa shape index (κ2) is 4.97. The highest BCUT2D eigenvalue weighted by Gasteiger charge is 2.14. The Morgan fingerprint density at radius 3 is 3.00 bits per heavy atom. The number of fused-ring (bicyclic) bond motifs is 1. The molecule has 0 unspecified atom stereocenters. The van der Waals surface area contributed by atoms with E-state index in [1.165, 1.54) is 7.11 Å². The molecule has 0 saturated carbocycles. The van der Waals surface area contributed by atoms with Crippen molar-refractivity contribution in [1.29, 1.82) is 0 Å². The maximum atomic E-state index is 11.7. The molecule has 6 heteroatoms. The second-order valence-corrected chi connectivity index (χ2v) is 5.47. The Kier molecular flexibility index (Phi) is 3.15. The maximum Gasteiger partial charge on any atom is 0.354 e. The van der Waals surface area contributed by atoms with Gasteiger partial charge in [0.2, 0.25) is 0 Å². The van der Waals surface area contributed by atoms with Gasteiger partial charge in [0.25, 0.3) is 0 Å². The number of para-hydroxylation sites is 1. The number of nitrogens with two attached hydrogens (primary N) is 1. The van der Waals surface area contributed by atoms with Crippen LogP contribution in [0, 0.1) is 0 Å². The highest BCUT2D eigenvalue weighted by atomic mass is 32.1. The van der Waals surface area contributed by atoms with Gasteiger partial charge in [0.1, 0.15) is 10.7 Å². The van der Waals surface area contributed by atoms with Gasteiger partial charge >= 0.3 is 5.97 Å². The molecular weight excluding hydrogens is 274 g/mol. The number of nitrogens with zero attached hydrogens (tertiary/aromatic N) is 2. The summed E-state index contributed by atoms with van der Waals surface area (Å²) >= 11 is 1.60. The molecule has 0 radical (unpaired) electrons. The minimum absolute atomic E-state index is 0.400. The molecule has 0 aliphatic carbocycles. The Hall–Kier alpha value is -2.34. The molecule has 3 aromatic rings. The van der Waals surface area contributed by atoms with Gasteiger partial charge in [-0.1, -0.05) is 12.1 Å². The molecule has 0 amide bonds. The third-order valence-electron chi connectivity index (χ3n) is 2.96. The van der Waals surface area contributed by atoms with Crippen molar-refractivity contribution in [3.63, 3.8) is 0 Å². The molecule has 102 valence electrons. The van der Waals surface area contributed by atoms with Gasteiger partial charge in [-0.2, -0.15) is 0 Å². The predicted octanol–water partition coefficient (Wildman–Crippen LogP) is 2.51. The number of rotatable bonds is 3. The molecule has 1 aromatic carbocycles. The number of carbonyl (C=O) groups is 1. The van der Waals surface area contributed by atoms with Crippen LogP contribution in [0.4, 0.5) is 5.69 Å². The smallest absolute Gasteiger partial charge is 0.354 e. The summed E-state index contributed by atoms with van der Waals surface area (Å²) in [7, 11) is 1.35. The molecule has 0 atom stereocenters. The molecule has 0 aliphatic heterocycles. The van der Waals surface area contributed by atoms with Crippen molar-refractivity contribution in [3.05, 3.63) is 47.2 Å². The first-order valence-corrected chi connectivity index (χ1v) is 6.87. The lowest BCUT2D eigenvalue weighted by molar-refractivity contribution is 0.0589. The average molecular weight is 287 g/mol. The van der Waals surface area contributed by atoms with Crippen LogP contribution in [0.25, 0.3) is 10.2 Å². The lowest BCUT2D eigenvalue weighted by Crippen LogP contribution is -2.10. The van der Waals surface area contributed by atoms with Crippen LogP contribution in [-0.2, 0) is 11.3 Å². The molecule has 0 saturated heterocycles. The SMILES string of the molecule is COC(=O)c1cc(N)cn1Cc1nc2ccccc2s1. The van der Waals surface area contributed by atoms with E-state index >= 15 is 0 Å². The highest BCUT2D eigenvalue weighted by Crippen LogP contribution is 2.23. The fraction of sp³-hybridized carbons (Fsp3) is 0.143. The number of nitrogen functional groups attached to an aromatic ring is 1. The number of methoxy groups -OCH3 is 1. The molecule has 0 bridgehead atoms. The zero-order chi connectivity index (χ0) is 14.1. The lowest BCUT2D eigenvalue weighted by Gasteiger charge is -2.04. The Labute approximate surface area is 119 Å². The predicted molar refractivity (Wildman–Crippen MR) is 78.9 cm³/mol. The van der Waals surface area contributed by atoms with Gasteiger partial charge in [0.15, 0.2) is 0 Å². The molecule has 20 heavy (non-hydrogen) atoms. The van der Waals surface area contributed by atoms with Gasteiger partial charge < -0.3 is 15.0 Å². The standard InChI is InChI=1S/C14H13N3O2S/c1-19-14(18)11-6-9(15)7-17(11)8-13-16-10-4-2-3-5-12(10)20-13/h2-7H,8,15H2,1H3. The molecule has 0 fully saturated rings. The van der Waals surface area contributed by atoms with Crippen LogP contribution in [0.2, 0.25) is 0 Å². The number of anilines is 1. The highest BCUT2D eigenvalue weighted by molar-refractivity contribution is 7.18. The number of aromatic nitrogens is 2. The Bertz CT molecular complexity index is 743. The van der Waals surface area contributed by atoms with Crippen LogP contribution in [-0.4, -0.2) is 22.6 Å². The van der Waals surface area contributed by atoms with Crippen molar-refractivity contribution in [3.8, 4) is 0 Å². The van der Waals surface area contributed by atoms with Crippen LogP contribution in [0.3, 0.4) is 0 Å². The van der Waals surface area contributed by atoms with Crippen molar-refractivity contribution in [2.75, 3.05) is 12.8 Å². The van der Waals surface area contributed by atoms with Crippen LogP contribution >= 0.6 is 11.3 Å². The van der Waals surface area contributed by atoms with Crippen molar-refractivity contribution in [2.24, 2.45) is 0 Å². The molecule has 0 spiro atoms. The topological polar surface area (TPSA) is 70.1 Å². The average Bonchev–Trinajstić information content (AvgIpc) is 3.01. The second-order valence-electron chi connectivity index (χ2n) is 4.35. The zero-order valence-corrected chi connectivity index (χ0v) is 11.7. The minimum atomic E-state index is -0.400. The first kappa shape index (κ1) is 12.7. The Morgan fingerprint density at radius 1 is 1.45 bits per heavy atom. The van der Waals surface area contributed by atoms with Gasteiger partial charge in [-0.05, 0) is 18.2 Å². The lowest BCUT2D eigenvalue weighted by atomic mass is 10.3. The summed E-state index contributed by atoms with van der Waals surface area (Å²) in [6, 6.07) is 9.55. The van der Waals surface area contributed by atoms with Crippen molar-refractivity contribution >= 4 is 33.2 Å². The van der Waals surface area contributed by atoms with E-state index in [2.05, 4.69) is 4.98 Å². The minimum Gasteiger partial charge on any atom is -0.464 e. The Morgan fingerprint density at radius 2 is 2.25 bits per heavy atom. The summed E-state index contributed by atoms with van der Waals surface area (Å²) in [5.74, 6) is -0.400. The number of thiazole rings is 1.